The Balaban J connectivity index is 2.11. The quantitative estimate of drug-likeness (QED) is 0.620. The van der Waals surface area contributed by atoms with Crippen LogP contribution >= 0.6 is 0 Å². The largest absolute Gasteiger partial charge is 0.404 e. The van der Waals surface area contributed by atoms with Crippen LogP contribution in [0.1, 0.15) is 46.0 Å². The minimum Gasteiger partial charge on any atom is -0.404 e. The molecule has 0 aromatic carbocycles. The molecule has 0 N–H and O–H groups in total. The summed E-state index contributed by atoms with van der Waals surface area (Å²) in [5, 5.41) is 0. The molecule has 0 aromatic heterocycles. The molecule has 3 heteroatoms. The lowest BCUT2D eigenvalue weighted by atomic mass is 9.96. The predicted molar refractivity (Wildman–Crippen MR) is 58.8 cm³/mol. The normalized spacial score (nSPS) is 26.3. The maximum atomic E-state index is 11.3. The van der Waals surface area contributed by atoms with Crippen LogP contribution in [0.25, 0.3) is 0 Å². The first-order valence-electron chi connectivity index (χ1n) is 5.66. The number of carbonyl (C=O) groups excluding carboxylic acids is 1. The SMILES string of the molecule is CC1=C(C)C(=NC2CCCCC2)OC1=O. The van der Waals surface area contributed by atoms with E-state index in [1.165, 1.54) is 19.3 Å². The smallest absolute Gasteiger partial charge is 0.340 e. The zero-order chi connectivity index (χ0) is 10.8. The van der Waals surface area contributed by atoms with E-state index < -0.39 is 0 Å². The van der Waals surface area contributed by atoms with Crippen LogP contribution in [0.15, 0.2) is 16.1 Å². The van der Waals surface area contributed by atoms with Crippen LogP contribution in [0.5, 0.6) is 0 Å². The van der Waals surface area contributed by atoms with Gasteiger partial charge < -0.3 is 4.74 Å². The summed E-state index contributed by atoms with van der Waals surface area (Å²) in [6.45, 7) is 3.70. The third-order valence-electron chi connectivity index (χ3n) is 3.25. The van der Waals surface area contributed by atoms with Gasteiger partial charge in [0.15, 0.2) is 0 Å². The Labute approximate surface area is 90.2 Å². The molecule has 0 spiro atoms. The van der Waals surface area contributed by atoms with Crippen molar-refractivity contribution in [3.8, 4) is 0 Å². The number of hydrogen-bond donors (Lipinski definition) is 0. The molecule has 0 amide bonds. The highest BCUT2D eigenvalue weighted by atomic mass is 16.5. The van der Waals surface area contributed by atoms with E-state index in [4.69, 9.17) is 4.74 Å². The van der Waals surface area contributed by atoms with Gasteiger partial charge in [-0.1, -0.05) is 19.3 Å². The van der Waals surface area contributed by atoms with Gasteiger partial charge in [-0.15, -0.1) is 0 Å². The van der Waals surface area contributed by atoms with E-state index in [0.29, 0.717) is 17.5 Å². The zero-order valence-electron chi connectivity index (χ0n) is 9.38. The Hall–Kier alpha value is -1.12. The van der Waals surface area contributed by atoms with Gasteiger partial charge in [-0.2, -0.15) is 0 Å². The van der Waals surface area contributed by atoms with Crippen LogP contribution in [0.2, 0.25) is 0 Å². The molecule has 1 aliphatic carbocycles. The molecule has 2 aliphatic rings. The predicted octanol–water partition coefficient (Wildman–Crippen LogP) is 2.61. The Bertz CT molecular complexity index is 336. The van der Waals surface area contributed by atoms with Gasteiger partial charge in [0.05, 0.1) is 6.04 Å². The number of carbonyl (C=O) groups is 1. The topological polar surface area (TPSA) is 38.7 Å². The summed E-state index contributed by atoms with van der Waals surface area (Å²) in [5.41, 5.74) is 1.61. The first kappa shape index (κ1) is 10.4. The number of nitrogens with zero attached hydrogens (tertiary/aromatic N) is 1. The van der Waals surface area contributed by atoms with E-state index in [0.717, 1.165) is 18.4 Å². The van der Waals surface area contributed by atoms with Crippen molar-refractivity contribution >= 4 is 11.9 Å². The summed E-state index contributed by atoms with van der Waals surface area (Å²) >= 11 is 0. The van der Waals surface area contributed by atoms with Crippen LogP contribution in [0, 0.1) is 0 Å². The number of cyclic esters (lactones) is 1. The molecular weight excluding hydrogens is 190 g/mol. The van der Waals surface area contributed by atoms with Crippen molar-refractivity contribution in [2.24, 2.45) is 4.99 Å². The Kier molecular flexibility index (Phi) is 2.89. The Morgan fingerprint density at radius 2 is 1.80 bits per heavy atom. The van der Waals surface area contributed by atoms with Crippen LogP contribution in [-0.4, -0.2) is 17.9 Å². The molecule has 0 radical (unpaired) electrons. The van der Waals surface area contributed by atoms with E-state index in [1.54, 1.807) is 6.92 Å². The van der Waals surface area contributed by atoms with E-state index in [-0.39, 0.29) is 5.97 Å². The Morgan fingerprint density at radius 1 is 1.13 bits per heavy atom. The van der Waals surface area contributed by atoms with Crippen LogP contribution in [0.4, 0.5) is 0 Å². The van der Waals surface area contributed by atoms with Crippen LogP contribution in [0.3, 0.4) is 0 Å². The zero-order valence-corrected chi connectivity index (χ0v) is 9.38. The van der Waals surface area contributed by atoms with E-state index >= 15 is 0 Å². The van der Waals surface area contributed by atoms with Gasteiger partial charge in [0, 0.05) is 11.1 Å². The van der Waals surface area contributed by atoms with Crippen LogP contribution in [-0.2, 0) is 9.53 Å². The van der Waals surface area contributed by atoms with E-state index in [1.807, 2.05) is 6.92 Å². The molecule has 0 unspecified atom stereocenters. The van der Waals surface area contributed by atoms with Gasteiger partial charge in [0.2, 0.25) is 5.90 Å². The molecule has 1 heterocycles. The van der Waals surface area contributed by atoms with Crippen LogP contribution < -0.4 is 0 Å². The monoisotopic (exact) mass is 207 g/mol. The fourth-order valence-corrected chi connectivity index (χ4v) is 2.05. The molecule has 1 saturated carbocycles. The molecule has 82 valence electrons. The molecule has 0 saturated heterocycles. The van der Waals surface area contributed by atoms with Crippen molar-refractivity contribution in [1.82, 2.24) is 0 Å². The maximum Gasteiger partial charge on any atom is 0.340 e. The summed E-state index contributed by atoms with van der Waals surface area (Å²) in [5.74, 6) is 0.325. The minimum absolute atomic E-state index is 0.234. The van der Waals surface area contributed by atoms with Gasteiger partial charge in [0.1, 0.15) is 0 Å². The third kappa shape index (κ3) is 2.11. The molecule has 15 heavy (non-hydrogen) atoms. The molecule has 0 aromatic rings. The second-order valence-electron chi connectivity index (χ2n) is 4.37. The number of rotatable bonds is 1. The molecule has 1 fully saturated rings. The fourth-order valence-electron chi connectivity index (χ4n) is 2.05. The molecule has 0 bridgehead atoms. The summed E-state index contributed by atoms with van der Waals surface area (Å²) in [6.07, 6.45) is 6.07. The van der Waals surface area contributed by atoms with Crippen molar-refractivity contribution in [2.45, 2.75) is 52.0 Å². The first-order valence-corrected chi connectivity index (χ1v) is 5.66. The number of ether oxygens (including phenoxy) is 1. The highest BCUT2D eigenvalue weighted by Gasteiger charge is 2.26. The Morgan fingerprint density at radius 3 is 2.33 bits per heavy atom. The first-order chi connectivity index (χ1) is 7.18. The standard InChI is InChI=1S/C12H17NO2/c1-8-9(2)12(14)15-11(8)13-10-6-4-3-5-7-10/h10H,3-7H2,1-2H3. The molecule has 0 atom stereocenters. The van der Waals surface area contributed by atoms with Gasteiger partial charge in [-0.25, -0.2) is 9.79 Å². The lowest BCUT2D eigenvalue weighted by molar-refractivity contribution is -0.130. The number of hydrogen-bond acceptors (Lipinski definition) is 3. The van der Waals surface area contributed by atoms with Crippen molar-refractivity contribution in [2.75, 3.05) is 0 Å². The van der Waals surface area contributed by atoms with Crippen molar-refractivity contribution < 1.29 is 9.53 Å². The highest BCUT2D eigenvalue weighted by molar-refractivity contribution is 6.14. The van der Waals surface area contributed by atoms with Crippen molar-refractivity contribution in [3.63, 3.8) is 0 Å². The van der Waals surface area contributed by atoms with E-state index in [9.17, 15) is 4.79 Å². The average Bonchev–Trinajstić information content (AvgIpc) is 2.48. The molecule has 1 aliphatic heterocycles. The lowest BCUT2D eigenvalue weighted by Gasteiger charge is -2.17. The summed E-state index contributed by atoms with van der Waals surface area (Å²) < 4.78 is 5.13. The molecule has 3 nitrogen and oxygen atoms in total. The fraction of sp³-hybridized carbons (Fsp3) is 0.667. The van der Waals surface area contributed by atoms with Gasteiger partial charge in [-0.05, 0) is 26.7 Å². The average molecular weight is 207 g/mol. The minimum atomic E-state index is -0.234. The van der Waals surface area contributed by atoms with Gasteiger partial charge in [0.25, 0.3) is 0 Å². The second kappa shape index (κ2) is 4.17. The highest BCUT2D eigenvalue weighted by Crippen LogP contribution is 2.24. The van der Waals surface area contributed by atoms with Crippen molar-refractivity contribution in [3.05, 3.63) is 11.1 Å². The van der Waals surface area contributed by atoms with Gasteiger partial charge >= 0.3 is 5.97 Å². The number of esters is 1. The third-order valence-corrected chi connectivity index (χ3v) is 3.25. The lowest BCUT2D eigenvalue weighted by Crippen LogP contribution is -2.14. The van der Waals surface area contributed by atoms with Crippen molar-refractivity contribution in [1.29, 1.82) is 0 Å². The molecular formula is C12H17NO2. The summed E-state index contributed by atoms with van der Waals surface area (Å²) in [4.78, 5) is 15.8. The van der Waals surface area contributed by atoms with E-state index in [2.05, 4.69) is 4.99 Å². The second-order valence-corrected chi connectivity index (χ2v) is 4.37. The molecule has 2 rings (SSSR count). The maximum absolute atomic E-state index is 11.3. The van der Waals surface area contributed by atoms with Gasteiger partial charge in [-0.3, -0.25) is 0 Å². The summed E-state index contributed by atoms with van der Waals surface area (Å²) in [7, 11) is 0. The summed E-state index contributed by atoms with van der Waals surface area (Å²) in [6, 6.07) is 0.363. The number of aliphatic imine (C=N–C) groups is 1.